The molecule has 0 N–H and O–H groups in total. The van der Waals surface area contributed by atoms with Crippen LogP contribution in [0.1, 0.15) is 43.6 Å². The van der Waals surface area contributed by atoms with Crippen LogP contribution in [0.3, 0.4) is 0 Å². The second-order valence-corrected chi connectivity index (χ2v) is 7.29. The Morgan fingerprint density at radius 3 is 2.00 bits per heavy atom. The third-order valence-electron chi connectivity index (χ3n) is 3.92. The lowest BCUT2D eigenvalue weighted by Crippen LogP contribution is -2.23. The van der Waals surface area contributed by atoms with Crippen LogP contribution in [-0.2, 0) is 5.41 Å². The van der Waals surface area contributed by atoms with Gasteiger partial charge in [-0.1, -0.05) is 38.5 Å². The summed E-state index contributed by atoms with van der Waals surface area (Å²) in [7, 11) is 0. The van der Waals surface area contributed by atoms with Crippen molar-refractivity contribution in [2.45, 2.75) is 44.2 Å². The first-order valence-corrected chi connectivity index (χ1v) is 8.15. The van der Waals surface area contributed by atoms with E-state index >= 15 is 0 Å². The van der Waals surface area contributed by atoms with E-state index in [9.17, 15) is 0 Å². The van der Waals surface area contributed by atoms with Gasteiger partial charge < -0.3 is 0 Å². The molecule has 0 radical (unpaired) electrons. The fourth-order valence-electron chi connectivity index (χ4n) is 2.83. The van der Waals surface area contributed by atoms with Crippen molar-refractivity contribution in [1.82, 2.24) is 19.6 Å². The standard InChI is InChI=1S/C18H22N4S/c1-13-11-14(16(23)15(12-13)18(2,3)4)17(21-9-5-7-19-21)22-10-6-8-20-22/h5-12,17,23H,1-4H3. The van der Waals surface area contributed by atoms with E-state index in [1.807, 2.05) is 33.9 Å². The molecule has 3 rings (SSSR count). The number of benzene rings is 1. The number of hydrogen-bond donors (Lipinski definition) is 1. The maximum atomic E-state index is 4.87. The van der Waals surface area contributed by atoms with Crippen molar-refractivity contribution in [1.29, 1.82) is 0 Å². The van der Waals surface area contributed by atoms with Crippen molar-refractivity contribution in [2.75, 3.05) is 0 Å². The Hall–Kier alpha value is -2.01. The summed E-state index contributed by atoms with van der Waals surface area (Å²) in [4.78, 5) is 0.999. The second kappa shape index (κ2) is 5.89. The summed E-state index contributed by atoms with van der Waals surface area (Å²) in [6, 6.07) is 8.24. The van der Waals surface area contributed by atoms with Gasteiger partial charge in [0.05, 0.1) is 0 Å². The van der Waals surface area contributed by atoms with Gasteiger partial charge in [0.25, 0.3) is 0 Å². The van der Waals surface area contributed by atoms with Crippen LogP contribution in [0.4, 0.5) is 0 Å². The van der Waals surface area contributed by atoms with Crippen LogP contribution >= 0.6 is 12.6 Å². The minimum Gasteiger partial charge on any atom is -0.244 e. The average Bonchev–Trinajstić information content (AvgIpc) is 3.15. The molecule has 0 saturated carbocycles. The lowest BCUT2D eigenvalue weighted by molar-refractivity contribution is 0.411. The molecule has 3 aromatic rings. The van der Waals surface area contributed by atoms with E-state index in [2.05, 4.69) is 50.0 Å². The predicted octanol–water partition coefficient (Wildman–Crippen LogP) is 4.07. The smallest absolute Gasteiger partial charge is 0.169 e. The van der Waals surface area contributed by atoms with Gasteiger partial charge in [-0.05, 0) is 30.0 Å². The largest absolute Gasteiger partial charge is 0.244 e. The second-order valence-electron chi connectivity index (χ2n) is 6.85. The molecule has 2 aromatic heterocycles. The Kier molecular flexibility index (Phi) is 4.06. The summed E-state index contributed by atoms with van der Waals surface area (Å²) in [6.07, 6.45) is 7.34. The van der Waals surface area contributed by atoms with E-state index in [4.69, 9.17) is 12.6 Å². The molecule has 0 saturated heterocycles. The van der Waals surface area contributed by atoms with Crippen LogP contribution in [0.25, 0.3) is 0 Å². The van der Waals surface area contributed by atoms with Crippen LogP contribution < -0.4 is 0 Å². The van der Waals surface area contributed by atoms with Crippen molar-refractivity contribution in [3.05, 3.63) is 65.7 Å². The first kappa shape index (κ1) is 15.9. The van der Waals surface area contributed by atoms with Crippen molar-refractivity contribution in [2.24, 2.45) is 0 Å². The highest BCUT2D eigenvalue weighted by Crippen LogP contribution is 2.35. The van der Waals surface area contributed by atoms with E-state index in [0.717, 1.165) is 10.5 Å². The predicted molar refractivity (Wildman–Crippen MR) is 95.1 cm³/mol. The van der Waals surface area contributed by atoms with Gasteiger partial charge in [0, 0.05) is 35.2 Å². The minimum atomic E-state index is -0.145. The minimum absolute atomic E-state index is 0.0244. The molecule has 5 heteroatoms. The highest BCUT2D eigenvalue weighted by Gasteiger charge is 2.25. The van der Waals surface area contributed by atoms with Gasteiger partial charge >= 0.3 is 0 Å². The molecule has 0 amide bonds. The zero-order valence-corrected chi connectivity index (χ0v) is 14.8. The van der Waals surface area contributed by atoms with Crippen molar-refractivity contribution in [3.63, 3.8) is 0 Å². The van der Waals surface area contributed by atoms with E-state index in [1.54, 1.807) is 12.4 Å². The lowest BCUT2D eigenvalue weighted by Gasteiger charge is -2.27. The molecule has 0 unspecified atom stereocenters. The molecule has 1 aromatic carbocycles. The van der Waals surface area contributed by atoms with E-state index < -0.39 is 0 Å². The Balaban J connectivity index is 2.24. The third-order valence-corrected chi connectivity index (χ3v) is 4.42. The molecule has 0 aliphatic heterocycles. The van der Waals surface area contributed by atoms with Gasteiger partial charge in [-0.3, -0.25) is 0 Å². The summed E-state index contributed by atoms with van der Waals surface area (Å²) >= 11 is 4.87. The average molecular weight is 326 g/mol. The fraction of sp³-hybridized carbons (Fsp3) is 0.333. The Morgan fingerprint density at radius 1 is 1.00 bits per heavy atom. The Labute approximate surface area is 142 Å². The van der Waals surface area contributed by atoms with Crippen LogP contribution in [0.2, 0.25) is 0 Å². The molecule has 0 atom stereocenters. The quantitative estimate of drug-likeness (QED) is 0.737. The summed E-state index contributed by atoms with van der Waals surface area (Å²) in [6.45, 7) is 8.75. The molecule has 0 bridgehead atoms. The van der Waals surface area contributed by atoms with Gasteiger partial charge in [0.15, 0.2) is 6.17 Å². The monoisotopic (exact) mass is 326 g/mol. The molecule has 0 spiro atoms. The number of thiol groups is 1. The lowest BCUT2D eigenvalue weighted by atomic mass is 9.84. The van der Waals surface area contributed by atoms with E-state index in [1.165, 1.54) is 11.1 Å². The van der Waals surface area contributed by atoms with Gasteiger partial charge in [0.1, 0.15) is 0 Å². The summed E-state index contributed by atoms with van der Waals surface area (Å²) in [5.74, 6) is 0. The molecule has 0 aliphatic rings. The van der Waals surface area contributed by atoms with Gasteiger partial charge in [-0.15, -0.1) is 12.6 Å². The number of rotatable bonds is 3. The van der Waals surface area contributed by atoms with Crippen molar-refractivity contribution >= 4 is 12.6 Å². The first-order chi connectivity index (χ1) is 10.9. The molecular formula is C18H22N4S. The number of nitrogens with zero attached hydrogens (tertiary/aromatic N) is 4. The number of aromatic nitrogens is 4. The molecule has 4 nitrogen and oxygen atoms in total. The van der Waals surface area contributed by atoms with Crippen LogP contribution in [0.5, 0.6) is 0 Å². The molecule has 2 heterocycles. The van der Waals surface area contributed by atoms with Crippen LogP contribution in [-0.4, -0.2) is 19.6 Å². The zero-order valence-electron chi connectivity index (χ0n) is 13.9. The van der Waals surface area contributed by atoms with E-state index in [-0.39, 0.29) is 11.6 Å². The maximum absolute atomic E-state index is 4.87. The number of aryl methyl sites for hydroxylation is 1. The molecule has 23 heavy (non-hydrogen) atoms. The van der Waals surface area contributed by atoms with Gasteiger partial charge in [-0.2, -0.15) is 10.2 Å². The number of hydrogen-bond acceptors (Lipinski definition) is 3. The summed E-state index contributed by atoms with van der Waals surface area (Å²) in [5.41, 5.74) is 3.58. The highest BCUT2D eigenvalue weighted by molar-refractivity contribution is 7.80. The van der Waals surface area contributed by atoms with Gasteiger partial charge in [0.2, 0.25) is 0 Å². The Morgan fingerprint density at radius 2 is 1.57 bits per heavy atom. The van der Waals surface area contributed by atoms with Crippen LogP contribution in [0.15, 0.2) is 53.9 Å². The summed E-state index contributed by atoms with van der Waals surface area (Å²) < 4.78 is 3.82. The van der Waals surface area contributed by atoms with Crippen molar-refractivity contribution < 1.29 is 0 Å². The van der Waals surface area contributed by atoms with E-state index in [0.29, 0.717) is 0 Å². The maximum Gasteiger partial charge on any atom is 0.169 e. The first-order valence-electron chi connectivity index (χ1n) is 7.70. The summed E-state index contributed by atoms with van der Waals surface area (Å²) in [5, 5.41) is 8.87. The van der Waals surface area contributed by atoms with Gasteiger partial charge in [-0.25, -0.2) is 9.36 Å². The SMILES string of the molecule is Cc1cc(C(n2cccn2)n2cccn2)c(S)c(C(C)(C)C)c1. The Bertz CT molecular complexity index is 749. The molecular weight excluding hydrogens is 304 g/mol. The van der Waals surface area contributed by atoms with Crippen molar-refractivity contribution in [3.8, 4) is 0 Å². The fourth-order valence-corrected chi connectivity index (χ4v) is 3.41. The van der Waals surface area contributed by atoms with Crippen LogP contribution in [0, 0.1) is 6.92 Å². The normalized spacial score (nSPS) is 12.1. The topological polar surface area (TPSA) is 35.6 Å². The molecule has 0 aliphatic carbocycles. The molecule has 120 valence electrons. The molecule has 0 fully saturated rings. The third kappa shape index (κ3) is 3.06. The highest BCUT2D eigenvalue weighted by atomic mass is 32.1. The zero-order chi connectivity index (χ0) is 16.6.